The highest BCUT2D eigenvalue weighted by molar-refractivity contribution is 5.93. The summed E-state index contributed by atoms with van der Waals surface area (Å²) in [6.45, 7) is 2.90. The van der Waals surface area contributed by atoms with E-state index in [1.165, 1.54) is 6.92 Å². The van der Waals surface area contributed by atoms with Crippen LogP contribution in [0.15, 0.2) is 24.3 Å². The van der Waals surface area contributed by atoms with Crippen molar-refractivity contribution in [2.45, 2.75) is 25.6 Å². The average Bonchev–Trinajstić information content (AvgIpc) is 2.61. The fourth-order valence-corrected chi connectivity index (χ4v) is 2.59. The Kier molecular flexibility index (Phi) is 7.20. The molecule has 2 amide bonds. The first-order valence-corrected chi connectivity index (χ1v) is 8.68. The maximum Gasteiger partial charge on any atom is 0.411 e. The van der Waals surface area contributed by atoms with Crippen molar-refractivity contribution in [2.24, 2.45) is 0 Å². The maximum atomic E-state index is 12.3. The van der Waals surface area contributed by atoms with Gasteiger partial charge < -0.3 is 19.9 Å². The molecule has 0 spiro atoms. The molecule has 1 heterocycles. The fraction of sp³-hybridized carbons (Fsp3) is 0.556. The minimum Gasteiger partial charge on any atom is -0.359 e. The van der Waals surface area contributed by atoms with E-state index in [-0.39, 0.29) is 12.3 Å². The van der Waals surface area contributed by atoms with Crippen molar-refractivity contribution in [1.29, 1.82) is 0 Å². The van der Waals surface area contributed by atoms with Gasteiger partial charge in [0.05, 0.1) is 6.42 Å². The number of alkyl halides is 3. The number of rotatable bonds is 6. The summed E-state index contributed by atoms with van der Waals surface area (Å²) >= 11 is 0. The third-order valence-electron chi connectivity index (χ3n) is 4.30. The lowest BCUT2D eigenvalue weighted by Crippen LogP contribution is -2.47. The van der Waals surface area contributed by atoms with Crippen LogP contribution in [-0.2, 0) is 20.7 Å². The molecule has 1 aromatic rings. The Morgan fingerprint density at radius 1 is 1.15 bits per heavy atom. The van der Waals surface area contributed by atoms with Crippen molar-refractivity contribution in [3.63, 3.8) is 0 Å². The maximum absolute atomic E-state index is 12.3. The Morgan fingerprint density at radius 3 is 2.30 bits per heavy atom. The minimum atomic E-state index is -4.48. The summed E-state index contributed by atoms with van der Waals surface area (Å²) < 4.78 is 40.9. The van der Waals surface area contributed by atoms with Gasteiger partial charge in [-0.25, -0.2) is 0 Å². The van der Waals surface area contributed by atoms with Crippen molar-refractivity contribution in [3.8, 4) is 0 Å². The molecule has 1 aliphatic heterocycles. The van der Waals surface area contributed by atoms with E-state index in [2.05, 4.69) is 15.0 Å². The molecule has 27 heavy (non-hydrogen) atoms. The first-order valence-electron chi connectivity index (χ1n) is 8.68. The first kappa shape index (κ1) is 21.2. The molecule has 0 aliphatic carbocycles. The molecule has 1 aromatic carbocycles. The van der Waals surface area contributed by atoms with Crippen molar-refractivity contribution >= 4 is 17.5 Å². The predicted octanol–water partition coefficient (Wildman–Crippen LogP) is 1.91. The number of halogens is 3. The van der Waals surface area contributed by atoms with Gasteiger partial charge in [0.15, 0.2) is 0 Å². The second kappa shape index (κ2) is 9.18. The van der Waals surface area contributed by atoms with Gasteiger partial charge in [-0.1, -0.05) is 12.1 Å². The van der Waals surface area contributed by atoms with Gasteiger partial charge in [0.1, 0.15) is 12.7 Å². The zero-order valence-electron chi connectivity index (χ0n) is 15.4. The number of hydrogen-bond acceptors (Lipinski definition) is 4. The lowest BCUT2D eigenvalue weighted by Gasteiger charge is -2.32. The Labute approximate surface area is 156 Å². The van der Waals surface area contributed by atoms with Crippen LogP contribution >= 0.6 is 0 Å². The third kappa shape index (κ3) is 7.18. The van der Waals surface area contributed by atoms with Gasteiger partial charge in [0.2, 0.25) is 5.91 Å². The number of ether oxygens (including phenoxy) is 1. The summed E-state index contributed by atoms with van der Waals surface area (Å²) in [7, 11) is 2.02. The van der Waals surface area contributed by atoms with E-state index in [1.807, 2.05) is 11.9 Å². The van der Waals surface area contributed by atoms with Crippen LogP contribution in [0.1, 0.15) is 12.5 Å². The number of carbonyl (C=O) groups is 2. The molecule has 1 N–H and O–H groups in total. The van der Waals surface area contributed by atoms with E-state index in [4.69, 9.17) is 0 Å². The zero-order valence-corrected chi connectivity index (χ0v) is 15.4. The zero-order chi connectivity index (χ0) is 20.0. The summed E-state index contributed by atoms with van der Waals surface area (Å²) in [5.74, 6) is -0.616. The Morgan fingerprint density at radius 2 is 1.74 bits per heavy atom. The van der Waals surface area contributed by atoms with Crippen molar-refractivity contribution < 1.29 is 27.5 Å². The number of likely N-dealkylation sites (N-methyl/N-ethyl adjacent to an activating group) is 1. The minimum absolute atomic E-state index is 0.0501. The van der Waals surface area contributed by atoms with Gasteiger partial charge in [-0.15, -0.1) is 0 Å². The molecule has 1 aliphatic rings. The highest BCUT2D eigenvalue weighted by Gasteiger charge is 2.30. The topological polar surface area (TPSA) is 61.9 Å². The number of anilines is 1. The standard InChI is InChI=1S/C18H24F3N3O3/c1-13(27-12-18(19,20)21)17(26)22-15-5-3-14(4-6-15)11-16(25)24-9-7-23(2)8-10-24/h3-6,13H,7-12H2,1-2H3,(H,22,26). The first-order chi connectivity index (χ1) is 12.6. The van der Waals surface area contributed by atoms with Crippen LogP contribution in [-0.4, -0.2) is 73.7 Å². The van der Waals surface area contributed by atoms with Crippen LogP contribution in [0.5, 0.6) is 0 Å². The predicted molar refractivity (Wildman–Crippen MR) is 94.3 cm³/mol. The Balaban J connectivity index is 1.82. The van der Waals surface area contributed by atoms with Crippen LogP contribution in [0.4, 0.5) is 18.9 Å². The number of piperazine rings is 1. The van der Waals surface area contributed by atoms with Gasteiger partial charge >= 0.3 is 6.18 Å². The lowest BCUT2D eigenvalue weighted by atomic mass is 10.1. The molecule has 1 saturated heterocycles. The summed E-state index contributed by atoms with van der Waals surface area (Å²) in [6, 6.07) is 6.65. The second-order valence-corrected chi connectivity index (χ2v) is 6.62. The number of carbonyl (C=O) groups excluding carboxylic acids is 2. The molecule has 0 saturated carbocycles. The van der Waals surface area contributed by atoms with Gasteiger partial charge in [-0.05, 0) is 31.7 Å². The smallest absolute Gasteiger partial charge is 0.359 e. The highest BCUT2D eigenvalue weighted by atomic mass is 19.4. The van der Waals surface area contributed by atoms with E-state index >= 15 is 0 Å². The average molecular weight is 387 g/mol. The van der Waals surface area contributed by atoms with Crippen molar-refractivity contribution in [2.75, 3.05) is 45.2 Å². The summed E-state index contributed by atoms with van der Waals surface area (Å²) in [6.07, 6.45) is -5.44. The highest BCUT2D eigenvalue weighted by Crippen LogP contribution is 2.16. The van der Waals surface area contributed by atoms with E-state index < -0.39 is 24.8 Å². The van der Waals surface area contributed by atoms with Gasteiger partial charge in [0, 0.05) is 31.9 Å². The molecule has 1 unspecified atom stereocenters. The SMILES string of the molecule is CC(OCC(F)(F)F)C(=O)Nc1ccc(CC(=O)N2CCN(C)CC2)cc1. The number of hydrogen-bond donors (Lipinski definition) is 1. The molecule has 0 aromatic heterocycles. The van der Waals surface area contributed by atoms with E-state index in [1.54, 1.807) is 24.3 Å². The van der Waals surface area contributed by atoms with Crippen LogP contribution in [0.3, 0.4) is 0 Å². The molecular formula is C18H24F3N3O3. The number of benzene rings is 1. The largest absolute Gasteiger partial charge is 0.411 e. The molecule has 6 nitrogen and oxygen atoms in total. The van der Waals surface area contributed by atoms with Crippen molar-refractivity contribution in [1.82, 2.24) is 9.80 Å². The molecule has 150 valence electrons. The van der Waals surface area contributed by atoms with Crippen molar-refractivity contribution in [3.05, 3.63) is 29.8 Å². The van der Waals surface area contributed by atoms with Gasteiger partial charge in [-0.2, -0.15) is 13.2 Å². The van der Waals surface area contributed by atoms with Crippen LogP contribution in [0, 0.1) is 0 Å². The summed E-state index contributed by atoms with van der Waals surface area (Å²) in [4.78, 5) is 28.2. The second-order valence-electron chi connectivity index (χ2n) is 6.62. The van der Waals surface area contributed by atoms with E-state index in [0.717, 1.165) is 18.7 Å². The van der Waals surface area contributed by atoms with Crippen LogP contribution in [0.25, 0.3) is 0 Å². The fourth-order valence-electron chi connectivity index (χ4n) is 2.59. The van der Waals surface area contributed by atoms with E-state index in [9.17, 15) is 22.8 Å². The van der Waals surface area contributed by atoms with Crippen LogP contribution in [0.2, 0.25) is 0 Å². The van der Waals surface area contributed by atoms with Gasteiger partial charge in [-0.3, -0.25) is 9.59 Å². The molecule has 1 fully saturated rings. The monoisotopic (exact) mass is 387 g/mol. The molecule has 9 heteroatoms. The molecule has 0 bridgehead atoms. The van der Waals surface area contributed by atoms with E-state index in [0.29, 0.717) is 18.8 Å². The number of nitrogens with zero attached hydrogens (tertiary/aromatic N) is 2. The molecule has 0 radical (unpaired) electrons. The summed E-state index contributed by atoms with van der Waals surface area (Å²) in [5.41, 5.74) is 1.23. The van der Waals surface area contributed by atoms with Gasteiger partial charge in [0.25, 0.3) is 5.91 Å². The molecular weight excluding hydrogens is 363 g/mol. The van der Waals surface area contributed by atoms with Crippen LogP contribution < -0.4 is 5.32 Å². The Hall–Kier alpha value is -2.13. The summed E-state index contributed by atoms with van der Waals surface area (Å²) in [5, 5.41) is 2.49. The molecule has 2 rings (SSSR count). The molecule has 1 atom stereocenters. The normalized spacial score (nSPS) is 16.9. The lowest BCUT2D eigenvalue weighted by molar-refractivity contribution is -0.184. The third-order valence-corrected chi connectivity index (χ3v) is 4.30. The quantitative estimate of drug-likeness (QED) is 0.810. The number of amides is 2. The number of nitrogens with one attached hydrogen (secondary N) is 1. The Bertz CT molecular complexity index is 641.